The Labute approximate surface area is 139 Å². The molecule has 0 atom stereocenters. The fourth-order valence-electron chi connectivity index (χ4n) is 1.99. The average molecular weight is 334 g/mol. The van der Waals surface area contributed by atoms with Crippen molar-refractivity contribution < 1.29 is 13.5 Å². The number of benzene rings is 1. The Hall–Kier alpha value is -2.70. The molecule has 2 rings (SSSR count). The highest BCUT2D eigenvalue weighted by Crippen LogP contribution is 2.17. The van der Waals surface area contributed by atoms with E-state index in [0.29, 0.717) is 5.56 Å². The zero-order chi connectivity index (χ0) is 17.5. The highest BCUT2D eigenvalue weighted by Gasteiger charge is 2.08. The molecule has 1 heterocycles. The molecule has 7 heteroatoms. The van der Waals surface area contributed by atoms with Crippen molar-refractivity contribution in [2.75, 3.05) is 11.9 Å². The second-order valence-corrected chi connectivity index (χ2v) is 5.30. The monoisotopic (exact) mass is 334 g/mol. The van der Waals surface area contributed by atoms with E-state index in [1.807, 2.05) is 32.0 Å². The molecule has 0 spiro atoms. The summed E-state index contributed by atoms with van der Waals surface area (Å²) in [6.45, 7) is 3.51. The molecule has 0 aliphatic rings. The van der Waals surface area contributed by atoms with Crippen molar-refractivity contribution in [2.45, 2.75) is 26.8 Å². The number of hydrogen-bond acceptors (Lipinski definition) is 3. The molecule has 0 fully saturated rings. The first kappa shape index (κ1) is 17.7. The fraction of sp³-hybridized carbons (Fsp3) is 0.294. The van der Waals surface area contributed by atoms with Crippen molar-refractivity contribution in [1.29, 1.82) is 0 Å². The molecule has 0 aliphatic carbocycles. The van der Waals surface area contributed by atoms with Crippen LogP contribution in [0.2, 0.25) is 0 Å². The maximum absolute atomic E-state index is 12.3. The average Bonchev–Trinajstić information content (AvgIpc) is 2.55. The maximum Gasteiger partial charge on any atom is 0.272 e. The van der Waals surface area contributed by atoms with Crippen LogP contribution in [0.3, 0.4) is 0 Å². The summed E-state index contributed by atoms with van der Waals surface area (Å²) in [4.78, 5) is 8.15. The zero-order valence-corrected chi connectivity index (χ0v) is 13.6. The first-order valence-corrected chi connectivity index (χ1v) is 7.44. The van der Waals surface area contributed by atoms with E-state index in [1.54, 1.807) is 12.1 Å². The number of nitrogens with zero attached hydrogens (tertiary/aromatic N) is 2. The standard InChI is InChI=1S/C17H20F2N4O/c1-11-5-6-14(8-12(11)2)23-17(20)22-9-13-4-3-7-21-16(13)24-10-15(18)19/h3-8,15H,9-10H2,1-2H3,(H3,20,22,23). The van der Waals surface area contributed by atoms with Crippen LogP contribution in [0.1, 0.15) is 16.7 Å². The molecule has 128 valence electrons. The van der Waals surface area contributed by atoms with E-state index in [9.17, 15) is 8.78 Å². The summed E-state index contributed by atoms with van der Waals surface area (Å²) in [5.74, 6) is 0.363. The number of aromatic nitrogens is 1. The van der Waals surface area contributed by atoms with Gasteiger partial charge in [-0.3, -0.25) is 0 Å². The molecule has 0 unspecified atom stereocenters. The van der Waals surface area contributed by atoms with E-state index in [-0.39, 0.29) is 18.4 Å². The largest absolute Gasteiger partial charge is 0.471 e. The minimum Gasteiger partial charge on any atom is -0.471 e. The lowest BCUT2D eigenvalue weighted by Gasteiger charge is -2.10. The van der Waals surface area contributed by atoms with Gasteiger partial charge in [-0.1, -0.05) is 12.1 Å². The van der Waals surface area contributed by atoms with Gasteiger partial charge in [0.05, 0.1) is 6.54 Å². The van der Waals surface area contributed by atoms with Gasteiger partial charge in [-0.2, -0.15) is 0 Å². The minimum atomic E-state index is -2.56. The molecule has 0 aliphatic heterocycles. The van der Waals surface area contributed by atoms with E-state index < -0.39 is 13.0 Å². The van der Waals surface area contributed by atoms with Gasteiger partial charge < -0.3 is 15.8 Å². The number of halogens is 2. The molecule has 1 aromatic heterocycles. The lowest BCUT2D eigenvalue weighted by atomic mass is 10.1. The van der Waals surface area contributed by atoms with Crippen molar-refractivity contribution in [2.24, 2.45) is 10.7 Å². The third-order valence-corrected chi connectivity index (χ3v) is 3.40. The summed E-state index contributed by atoms with van der Waals surface area (Å²) >= 11 is 0. The Balaban J connectivity index is 2.02. The predicted octanol–water partition coefficient (Wildman–Crippen LogP) is 3.27. The maximum atomic E-state index is 12.3. The topological polar surface area (TPSA) is 72.5 Å². The number of hydrogen-bond donors (Lipinski definition) is 2. The molecule has 1 aromatic carbocycles. The van der Waals surface area contributed by atoms with Gasteiger partial charge in [-0.05, 0) is 43.2 Å². The molecule has 24 heavy (non-hydrogen) atoms. The van der Waals surface area contributed by atoms with Gasteiger partial charge in [-0.15, -0.1) is 0 Å². The number of nitrogens with one attached hydrogen (secondary N) is 1. The molecule has 0 amide bonds. The summed E-state index contributed by atoms with van der Waals surface area (Å²) in [6.07, 6.45) is -1.08. The van der Waals surface area contributed by atoms with Crippen LogP contribution in [0.15, 0.2) is 41.5 Å². The minimum absolute atomic E-state index is 0.139. The summed E-state index contributed by atoms with van der Waals surface area (Å²) in [5.41, 5.74) is 9.62. The molecule has 3 N–H and O–H groups in total. The van der Waals surface area contributed by atoms with Crippen LogP contribution in [0.25, 0.3) is 0 Å². The van der Waals surface area contributed by atoms with Crippen LogP contribution >= 0.6 is 0 Å². The summed E-state index contributed by atoms with van der Waals surface area (Å²) in [7, 11) is 0. The van der Waals surface area contributed by atoms with Crippen molar-refractivity contribution in [3.05, 3.63) is 53.2 Å². The summed E-state index contributed by atoms with van der Waals surface area (Å²) < 4.78 is 29.5. The molecule has 5 nitrogen and oxygen atoms in total. The van der Waals surface area contributed by atoms with Crippen LogP contribution in [-0.2, 0) is 6.54 Å². The van der Waals surface area contributed by atoms with Gasteiger partial charge >= 0.3 is 0 Å². The Morgan fingerprint density at radius 1 is 1.29 bits per heavy atom. The highest BCUT2D eigenvalue weighted by atomic mass is 19.3. The van der Waals surface area contributed by atoms with Crippen LogP contribution < -0.4 is 15.8 Å². The molecular formula is C17H20F2N4O. The lowest BCUT2D eigenvalue weighted by Crippen LogP contribution is -2.22. The van der Waals surface area contributed by atoms with E-state index in [1.165, 1.54) is 11.8 Å². The van der Waals surface area contributed by atoms with Gasteiger partial charge in [0.15, 0.2) is 12.6 Å². The second kappa shape index (κ2) is 8.24. The first-order valence-electron chi connectivity index (χ1n) is 7.44. The number of nitrogens with two attached hydrogens (primary N) is 1. The number of ether oxygens (including phenoxy) is 1. The Morgan fingerprint density at radius 2 is 2.08 bits per heavy atom. The molecule has 0 bridgehead atoms. The van der Waals surface area contributed by atoms with E-state index >= 15 is 0 Å². The quantitative estimate of drug-likeness (QED) is 0.628. The number of rotatable bonds is 6. The summed E-state index contributed by atoms with van der Waals surface area (Å²) in [6, 6.07) is 9.26. The number of guanidine groups is 1. The van der Waals surface area contributed by atoms with Crippen LogP contribution in [0, 0.1) is 13.8 Å². The van der Waals surface area contributed by atoms with Crippen molar-refractivity contribution in [1.82, 2.24) is 4.98 Å². The van der Waals surface area contributed by atoms with Gasteiger partial charge in [0.2, 0.25) is 5.88 Å². The summed E-state index contributed by atoms with van der Waals surface area (Å²) in [5, 5.41) is 3.00. The van der Waals surface area contributed by atoms with Gasteiger partial charge in [0, 0.05) is 17.4 Å². The van der Waals surface area contributed by atoms with Gasteiger partial charge in [0.25, 0.3) is 6.43 Å². The van der Waals surface area contributed by atoms with Gasteiger partial charge in [0.1, 0.15) is 0 Å². The van der Waals surface area contributed by atoms with E-state index in [4.69, 9.17) is 10.5 Å². The predicted molar refractivity (Wildman–Crippen MR) is 90.6 cm³/mol. The highest BCUT2D eigenvalue weighted by molar-refractivity contribution is 5.92. The molecule has 0 saturated heterocycles. The van der Waals surface area contributed by atoms with E-state index in [2.05, 4.69) is 15.3 Å². The fourth-order valence-corrected chi connectivity index (χ4v) is 1.99. The molecule has 0 radical (unpaired) electrons. The Morgan fingerprint density at radius 3 is 2.79 bits per heavy atom. The van der Waals surface area contributed by atoms with Gasteiger partial charge in [-0.25, -0.2) is 18.8 Å². The molecule has 0 saturated carbocycles. The molecule has 2 aromatic rings. The number of aryl methyl sites for hydroxylation is 2. The number of pyridine rings is 1. The second-order valence-electron chi connectivity index (χ2n) is 5.30. The Kier molecular flexibility index (Phi) is 6.06. The number of aliphatic imine (C=N–C) groups is 1. The third-order valence-electron chi connectivity index (χ3n) is 3.40. The first-order chi connectivity index (χ1) is 11.5. The SMILES string of the molecule is Cc1ccc(NC(N)=NCc2cccnc2OCC(F)F)cc1C. The van der Waals surface area contributed by atoms with Crippen molar-refractivity contribution >= 4 is 11.6 Å². The van der Waals surface area contributed by atoms with Crippen LogP contribution in [-0.4, -0.2) is 24.0 Å². The lowest BCUT2D eigenvalue weighted by molar-refractivity contribution is 0.0791. The van der Waals surface area contributed by atoms with Crippen molar-refractivity contribution in [3.63, 3.8) is 0 Å². The zero-order valence-electron chi connectivity index (χ0n) is 13.6. The van der Waals surface area contributed by atoms with Crippen LogP contribution in [0.4, 0.5) is 14.5 Å². The Bertz CT molecular complexity index is 719. The van der Waals surface area contributed by atoms with Crippen molar-refractivity contribution in [3.8, 4) is 5.88 Å². The number of alkyl halides is 2. The third kappa shape index (κ3) is 5.19. The smallest absolute Gasteiger partial charge is 0.272 e. The van der Waals surface area contributed by atoms with Crippen LogP contribution in [0.5, 0.6) is 5.88 Å². The molecular weight excluding hydrogens is 314 g/mol. The number of anilines is 1. The van der Waals surface area contributed by atoms with E-state index in [0.717, 1.165) is 11.3 Å². The normalized spacial score (nSPS) is 11.6.